The lowest BCUT2D eigenvalue weighted by Crippen LogP contribution is -2.24. The van der Waals surface area contributed by atoms with Crippen molar-refractivity contribution in [2.45, 2.75) is 19.9 Å². The molecule has 156 valence electrons. The van der Waals surface area contributed by atoms with Gasteiger partial charge in [-0.2, -0.15) is 0 Å². The van der Waals surface area contributed by atoms with Gasteiger partial charge >= 0.3 is 11.9 Å². The zero-order valence-electron chi connectivity index (χ0n) is 16.7. The van der Waals surface area contributed by atoms with Gasteiger partial charge in [-0.3, -0.25) is 4.79 Å². The third-order valence-electron chi connectivity index (χ3n) is 4.25. The Balaban J connectivity index is 2.03. The molecule has 0 saturated carbocycles. The van der Waals surface area contributed by atoms with Crippen molar-refractivity contribution in [3.05, 3.63) is 50.3 Å². The SMILES string of the molecule is COC(=O)c1sc(NC(=O)CCN(C)Cc2ccc(Br)cc2)c(C(=O)OC)c1C. The maximum absolute atomic E-state index is 12.4. The van der Waals surface area contributed by atoms with Gasteiger partial charge in [0.15, 0.2) is 0 Å². The van der Waals surface area contributed by atoms with E-state index < -0.39 is 11.9 Å². The summed E-state index contributed by atoms with van der Waals surface area (Å²) in [7, 11) is 4.44. The number of amides is 1. The highest BCUT2D eigenvalue weighted by atomic mass is 79.9. The number of anilines is 1. The number of ether oxygens (including phenoxy) is 2. The molecule has 0 aliphatic heterocycles. The summed E-state index contributed by atoms with van der Waals surface area (Å²) >= 11 is 4.41. The number of hydrogen-bond donors (Lipinski definition) is 1. The standard InChI is InChI=1S/C20H23BrN2O5S/c1-12-16(19(25)27-3)18(29-17(12)20(26)28-4)22-15(24)9-10-23(2)11-13-5-7-14(21)8-6-13/h5-8H,9-11H2,1-4H3,(H,22,24). The first-order valence-corrected chi connectivity index (χ1v) is 10.4. The van der Waals surface area contributed by atoms with Gasteiger partial charge in [-0.05, 0) is 37.2 Å². The zero-order chi connectivity index (χ0) is 21.6. The molecule has 7 nitrogen and oxygen atoms in total. The smallest absolute Gasteiger partial charge is 0.348 e. The molecule has 1 amide bonds. The van der Waals surface area contributed by atoms with E-state index in [4.69, 9.17) is 9.47 Å². The number of rotatable bonds is 8. The topological polar surface area (TPSA) is 84.9 Å². The molecule has 9 heteroatoms. The number of hydrogen-bond acceptors (Lipinski definition) is 7. The minimum absolute atomic E-state index is 0.175. The second kappa shape index (κ2) is 10.5. The summed E-state index contributed by atoms with van der Waals surface area (Å²) in [6.07, 6.45) is 0.234. The van der Waals surface area contributed by atoms with Crippen LogP contribution in [0.5, 0.6) is 0 Å². The number of nitrogens with one attached hydrogen (secondary N) is 1. The van der Waals surface area contributed by atoms with E-state index in [1.807, 2.05) is 36.2 Å². The van der Waals surface area contributed by atoms with Crippen LogP contribution in [-0.2, 0) is 20.8 Å². The fourth-order valence-corrected chi connectivity index (χ4v) is 4.09. The molecule has 0 fully saturated rings. The van der Waals surface area contributed by atoms with Gasteiger partial charge in [-0.1, -0.05) is 28.1 Å². The molecule has 0 unspecified atom stereocenters. The van der Waals surface area contributed by atoms with Gasteiger partial charge in [-0.15, -0.1) is 11.3 Å². The highest BCUT2D eigenvalue weighted by Gasteiger charge is 2.26. The fraction of sp³-hybridized carbons (Fsp3) is 0.350. The molecule has 0 aliphatic carbocycles. The molecule has 1 N–H and O–H groups in total. The Labute approximate surface area is 182 Å². The molecular weight excluding hydrogens is 460 g/mol. The van der Waals surface area contributed by atoms with E-state index in [0.717, 1.165) is 21.4 Å². The van der Waals surface area contributed by atoms with E-state index in [1.54, 1.807) is 6.92 Å². The Morgan fingerprint density at radius 3 is 2.31 bits per heavy atom. The Kier molecular flexibility index (Phi) is 8.36. The van der Waals surface area contributed by atoms with Crippen molar-refractivity contribution in [3.63, 3.8) is 0 Å². The van der Waals surface area contributed by atoms with Crippen molar-refractivity contribution in [1.82, 2.24) is 4.90 Å². The van der Waals surface area contributed by atoms with Crippen molar-refractivity contribution in [2.24, 2.45) is 0 Å². The summed E-state index contributed by atoms with van der Waals surface area (Å²) in [5.41, 5.74) is 1.74. The third-order valence-corrected chi connectivity index (χ3v) is 5.96. The Morgan fingerprint density at radius 1 is 1.10 bits per heavy atom. The van der Waals surface area contributed by atoms with E-state index in [0.29, 0.717) is 18.7 Å². The molecule has 1 aromatic carbocycles. The molecule has 2 aromatic rings. The second-order valence-electron chi connectivity index (χ2n) is 6.41. The summed E-state index contributed by atoms with van der Waals surface area (Å²) in [6.45, 7) is 2.86. The average Bonchev–Trinajstić information content (AvgIpc) is 3.02. The quantitative estimate of drug-likeness (QED) is 0.575. The van der Waals surface area contributed by atoms with Gasteiger partial charge in [0.05, 0.1) is 19.8 Å². The maximum atomic E-state index is 12.4. The van der Waals surface area contributed by atoms with E-state index in [9.17, 15) is 14.4 Å². The predicted octanol–water partition coefficient (Wildman–Crippen LogP) is 3.85. The normalized spacial score (nSPS) is 10.7. The number of benzene rings is 1. The number of carbonyl (C=O) groups excluding carboxylic acids is 3. The third kappa shape index (κ3) is 6.12. The number of carbonyl (C=O) groups is 3. The lowest BCUT2D eigenvalue weighted by molar-refractivity contribution is -0.116. The number of nitrogens with zero attached hydrogens (tertiary/aromatic N) is 1. The first-order valence-electron chi connectivity index (χ1n) is 8.79. The minimum Gasteiger partial charge on any atom is -0.465 e. The van der Waals surface area contributed by atoms with Gasteiger partial charge in [0, 0.05) is 24.0 Å². The summed E-state index contributed by atoms with van der Waals surface area (Å²) in [4.78, 5) is 38.8. The molecule has 0 spiro atoms. The van der Waals surface area contributed by atoms with Gasteiger partial charge in [-0.25, -0.2) is 9.59 Å². The Bertz CT molecular complexity index is 895. The molecule has 0 aliphatic rings. The van der Waals surface area contributed by atoms with Crippen molar-refractivity contribution >= 4 is 50.1 Å². The van der Waals surface area contributed by atoms with Crippen molar-refractivity contribution in [2.75, 3.05) is 33.1 Å². The Morgan fingerprint density at radius 2 is 1.72 bits per heavy atom. The summed E-state index contributed by atoms with van der Waals surface area (Å²) in [5, 5.41) is 3.02. The lowest BCUT2D eigenvalue weighted by atomic mass is 10.1. The lowest BCUT2D eigenvalue weighted by Gasteiger charge is -2.16. The second-order valence-corrected chi connectivity index (χ2v) is 8.34. The van der Waals surface area contributed by atoms with Crippen LogP contribution < -0.4 is 5.32 Å². The summed E-state index contributed by atoms with van der Waals surface area (Å²) in [6, 6.07) is 7.99. The molecule has 0 bridgehead atoms. The van der Waals surface area contributed by atoms with E-state index in [1.165, 1.54) is 14.2 Å². The van der Waals surface area contributed by atoms with Crippen LogP contribution in [0.4, 0.5) is 5.00 Å². The zero-order valence-corrected chi connectivity index (χ0v) is 19.1. The average molecular weight is 483 g/mol. The molecule has 2 rings (SSSR count). The molecule has 1 aromatic heterocycles. The molecule has 0 saturated heterocycles. The molecule has 29 heavy (non-hydrogen) atoms. The van der Waals surface area contributed by atoms with Crippen LogP contribution in [0.15, 0.2) is 28.7 Å². The maximum Gasteiger partial charge on any atom is 0.348 e. The number of esters is 2. The van der Waals surface area contributed by atoms with Gasteiger partial charge < -0.3 is 19.7 Å². The Hall–Kier alpha value is -2.23. The molecule has 0 radical (unpaired) electrons. The van der Waals surface area contributed by atoms with Gasteiger partial charge in [0.2, 0.25) is 5.91 Å². The summed E-state index contributed by atoms with van der Waals surface area (Å²) < 4.78 is 10.6. The van der Waals surface area contributed by atoms with Crippen molar-refractivity contribution < 1.29 is 23.9 Å². The predicted molar refractivity (Wildman–Crippen MR) is 115 cm³/mol. The monoisotopic (exact) mass is 482 g/mol. The number of halogens is 1. The highest BCUT2D eigenvalue weighted by Crippen LogP contribution is 2.34. The van der Waals surface area contributed by atoms with Gasteiger partial charge in [0.1, 0.15) is 9.88 Å². The highest BCUT2D eigenvalue weighted by molar-refractivity contribution is 9.10. The van der Waals surface area contributed by atoms with Crippen molar-refractivity contribution in [3.8, 4) is 0 Å². The van der Waals surface area contributed by atoms with Crippen LogP contribution in [0, 0.1) is 6.92 Å². The summed E-state index contributed by atoms with van der Waals surface area (Å²) in [5.74, 6) is -1.43. The van der Waals surface area contributed by atoms with E-state index in [-0.39, 0.29) is 27.8 Å². The first-order chi connectivity index (χ1) is 13.8. The number of thiophene rings is 1. The molecule has 0 atom stereocenters. The van der Waals surface area contributed by atoms with Crippen LogP contribution >= 0.6 is 27.3 Å². The minimum atomic E-state index is -0.614. The molecule has 1 heterocycles. The number of methoxy groups -OCH3 is 2. The fourth-order valence-electron chi connectivity index (χ4n) is 2.70. The van der Waals surface area contributed by atoms with Crippen LogP contribution in [0.1, 0.15) is 37.6 Å². The molecular formula is C20H23BrN2O5S. The first kappa shape index (κ1) is 23.1. The van der Waals surface area contributed by atoms with Gasteiger partial charge in [0.25, 0.3) is 0 Å². The van der Waals surface area contributed by atoms with Crippen LogP contribution in [0.2, 0.25) is 0 Å². The van der Waals surface area contributed by atoms with E-state index in [2.05, 4.69) is 21.2 Å². The van der Waals surface area contributed by atoms with Crippen LogP contribution in [0.25, 0.3) is 0 Å². The van der Waals surface area contributed by atoms with Crippen molar-refractivity contribution in [1.29, 1.82) is 0 Å². The van der Waals surface area contributed by atoms with Crippen LogP contribution in [0.3, 0.4) is 0 Å². The van der Waals surface area contributed by atoms with Crippen LogP contribution in [-0.4, -0.2) is 50.6 Å². The largest absolute Gasteiger partial charge is 0.465 e. The van der Waals surface area contributed by atoms with E-state index >= 15 is 0 Å².